The van der Waals surface area contributed by atoms with E-state index in [0.717, 1.165) is 5.71 Å². The van der Waals surface area contributed by atoms with E-state index in [1.165, 1.54) is 0 Å². The summed E-state index contributed by atoms with van der Waals surface area (Å²) in [6, 6.07) is 0. The highest BCUT2D eigenvalue weighted by Gasteiger charge is 2.47. The van der Waals surface area contributed by atoms with Crippen LogP contribution in [0.2, 0.25) is 0 Å². The van der Waals surface area contributed by atoms with Crippen molar-refractivity contribution in [1.29, 1.82) is 0 Å². The number of ether oxygens (including phenoxy) is 1. The molecule has 0 aliphatic rings. The Morgan fingerprint density at radius 3 is 2.12 bits per heavy atom. The van der Waals surface area contributed by atoms with Crippen LogP contribution < -0.4 is 5.32 Å². The van der Waals surface area contributed by atoms with Gasteiger partial charge in [-0.15, -0.1) is 0 Å². The second kappa shape index (κ2) is 9.46. The molecule has 0 radical (unpaired) electrons. The number of nitrogens with one attached hydrogen (secondary N) is 1. The van der Waals surface area contributed by atoms with E-state index in [1.807, 2.05) is 48.5 Å². The lowest BCUT2D eigenvalue weighted by molar-refractivity contribution is -0.163. The van der Waals surface area contributed by atoms with Crippen LogP contribution in [-0.2, 0) is 14.4 Å². The molecule has 0 saturated heterocycles. The van der Waals surface area contributed by atoms with Crippen molar-refractivity contribution in [2.24, 2.45) is 16.0 Å². The number of nitrogens with zero attached hydrogens (tertiary/aromatic N) is 1. The summed E-state index contributed by atoms with van der Waals surface area (Å²) in [7, 11) is 0. The monoisotopic (exact) mass is 374 g/mol. The maximum atomic E-state index is 12.7. The minimum atomic E-state index is -0.693. The molecule has 6 nitrogen and oxygen atoms in total. The highest BCUT2D eigenvalue weighted by molar-refractivity contribution is 7.81. The van der Waals surface area contributed by atoms with E-state index in [0.29, 0.717) is 12.8 Å². The summed E-state index contributed by atoms with van der Waals surface area (Å²) in [6.07, 6.45) is 0.614. The van der Waals surface area contributed by atoms with Crippen molar-refractivity contribution in [1.82, 2.24) is 5.32 Å². The van der Waals surface area contributed by atoms with Crippen molar-refractivity contribution in [3.63, 3.8) is 0 Å². The molecule has 0 aliphatic carbocycles. The molecule has 0 spiro atoms. The van der Waals surface area contributed by atoms with E-state index in [-0.39, 0.29) is 29.3 Å². The fourth-order valence-electron chi connectivity index (χ4n) is 2.18. The van der Waals surface area contributed by atoms with E-state index in [1.54, 1.807) is 6.92 Å². The van der Waals surface area contributed by atoms with Gasteiger partial charge < -0.3 is 10.1 Å². The second-order valence-corrected chi connectivity index (χ2v) is 9.40. The molecular weight excluding hydrogens is 340 g/mol. The molecule has 0 bridgehead atoms. The normalized spacial score (nSPS) is 15.3. The molecule has 1 unspecified atom stereocenters. The Hall–Kier alpha value is -1.24. The van der Waals surface area contributed by atoms with Crippen LogP contribution >= 0.6 is 12.6 Å². The molecule has 0 aliphatic heterocycles. The van der Waals surface area contributed by atoms with Crippen LogP contribution in [-0.4, -0.2) is 35.7 Å². The largest absolute Gasteiger partial charge is 0.463 e. The molecule has 0 rings (SSSR count). The highest BCUT2D eigenvalue weighted by Crippen LogP contribution is 2.46. The van der Waals surface area contributed by atoms with Gasteiger partial charge in [-0.25, -0.2) is 4.79 Å². The van der Waals surface area contributed by atoms with Gasteiger partial charge in [0.15, 0.2) is 0 Å². The fraction of sp³-hybridized carbons (Fsp3) is 0.833. The number of amides is 1. The molecule has 0 aromatic heterocycles. The third kappa shape index (κ3) is 8.61. The molecule has 25 heavy (non-hydrogen) atoms. The van der Waals surface area contributed by atoms with Crippen LogP contribution in [0.15, 0.2) is 5.16 Å². The van der Waals surface area contributed by atoms with E-state index >= 15 is 0 Å². The van der Waals surface area contributed by atoms with E-state index < -0.39 is 11.5 Å². The second-order valence-electron chi connectivity index (χ2n) is 8.19. The molecular formula is C18H34N2O4S. The van der Waals surface area contributed by atoms with Crippen molar-refractivity contribution in [2.75, 3.05) is 13.2 Å². The molecule has 146 valence electrons. The van der Waals surface area contributed by atoms with Crippen molar-refractivity contribution < 1.29 is 19.2 Å². The summed E-state index contributed by atoms with van der Waals surface area (Å²) in [5, 5.41) is 6.15. The minimum Gasteiger partial charge on any atom is -0.463 e. The van der Waals surface area contributed by atoms with Crippen molar-refractivity contribution in [3.05, 3.63) is 0 Å². The molecule has 7 heteroatoms. The Labute approximate surface area is 157 Å². The zero-order valence-electron chi connectivity index (χ0n) is 16.9. The summed E-state index contributed by atoms with van der Waals surface area (Å²) in [5.41, 5.74) is -0.263. The molecule has 0 aromatic rings. The van der Waals surface area contributed by atoms with Gasteiger partial charge in [-0.05, 0) is 32.1 Å². The average molecular weight is 375 g/mol. The molecule has 1 amide bonds. The molecule has 0 saturated carbocycles. The summed E-state index contributed by atoms with van der Waals surface area (Å²) >= 11 is 4.56. The van der Waals surface area contributed by atoms with E-state index in [9.17, 15) is 9.59 Å². The van der Waals surface area contributed by atoms with Gasteiger partial charge in [-0.2, -0.15) is 12.6 Å². The number of carbonyl (C=O) groups excluding carboxylic acids is 2. The van der Waals surface area contributed by atoms with Gasteiger partial charge in [0.25, 0.3) is 0 Å². The zero-order chi connectivity index (χ0) is 19.9. The standard InChI is InChI=1S/C18H34N2O4S/c1-9-13(2)20-24-15(22)19-10-11-23-14(21)18(8,16(3,4)5)12-17(6,7)25/h25H,9-12H2,1-8H3,(H,19,22)/b20-13-. The number of esters is 1. The Morgan fingerprint density at radius 1 is 1.12 bits per heavy atom. The number of hydrogen-bond donors (Lipinski definition) is 2. The summed E-state index contributed by atoms with van der Waals surface area (Å²) in [6.45, 7) is 15.8. The van der Waals surface area contributed by atoms with Crippen molar-refractivity contribution in [3.8, 4) is 0 Å². The third-order valence-electron chi connectivity index (χ3n) is 4.29. The maximum absolute atomic E-state index is 12.7. The smallest absolute Gasteiger partial charge is 0.433 e. The third-order valence-corrected chi connectivity index (χ3v) is 4.45. The SMILES string of the molecule is CC/C(C)=N\OC(=O)NCCOC(=O)C(C)(CC(C)(C)S)C(C)(C)C. The lowest BCUT2D eigenvalue weighted by Crippen LogP contribution is -2.45. The van der Waals surface area contributed by atoms with Gasteiger partial charge in [0.05, 0.1) is 17.7 Å². The minimum absolute atomic E-state index is 0.0725. The quantitative estimate of drug-likeness (QED) is 0.167. The first-order chi connectivity index (χ1) is 11.2. The summed E-state index contributed by atoms with van der Waals surface area (Å²) in [4.78, 5) is 28.8. The molecule has 0 heterocycles. The van der Waals surface area contributed by atoms with Crippen molar-refractivity contribution >= 4 is 30.4 Å². The molecule has 0 fully saturated rings. The van der Waals surface area contributed by atoms with E-state index in [2.05, 4.69) is 27.9 Å². The van der Waals surface area contributed by atoms with Gasteiger partial charge in [-0.3, -0.25) is 9.63 Å². The fourth-order valence-corrected chi connectivity index (χ4v) is 2.50. The highest BCUT2D eigenvalue weighted by atomic mass is 32.1. The van der Waals surface area contributed by atoms with Crippen LogP contribution in [0, 0.1) is 10.8 Å². The van der Waals surface area contributed by atoms with Crippen LogP contribution in [0.4, 0.5) is 4.79 Å². The molecule has 1 atom stereocenters. The van der Waals surface area contributed by atoms with Gasteiger partial charge in [0, 0.05) is 4.75 Å². The first kappa shape index (κ1) is 23.8. The van der Waals surface area contributed by atoms with Crippen LogP contribution in [0.5, 0.6) is 0 Å². The topological polar surface area (TPSA) is 77.0 Å². The Kier molecular flexibility index (Phi) is 8.99. The average Bonchev–Trinajstić information content (AvgIpc) is 2.45. The van der Waals surface area contributed by atoms with Crippen molar-refractivity contribution in [2.45, 2.75) is 73.0 Å². The first-order valence-electron chi connectivity index (χ1n) is 8.61. The maximum Gasteiger partial charge on any atom is 0.433 e. The lowest BCUT2D eigenvalue weighted by Gasteiger charge is -2.43. The number of carbonyl (C=O) groups is 2. The first-order valence-corrected chi connectivity index (χ1v) is 9.05. The van der Waals surface area contributed by atoms with Gasteiger partial charge >= 0.3 is 12.1 Å². The number of rotatable bonds is 8. The lowest BCUT2D eigenvalue weighted by atomic mass is 9.64. The predicted octanol–water partition coefficient (Wildman–Crippen LogP) is 4.19. The Balaban J connectivity index is 4.58. The molecule has 1 N–H and O–H groups in total. The number of oxime groups is 1. The Bertz CT molecular complexity index is 492. The van der Waals surface area contributed by atoms with E-state index in [4.69, 9.17) is 4.74 Å². The summed E-state index contributed by atoms with van der Waals surface area (Å²) in [5.74, 6) is -0.294. The molecule has 0 aromatic carbocycles. The summed E-state index contributed by atoms with van der Waals surface area (Å²) < 4.78 is 5.09. The zero-order valence-corrected chi connectivity index (χ0v) is 17.8. The van der Waals surface area contributed by atoms with Gasteiger partial charge in [0.1, 0.15) is 6.61 Å². The predicted molar refractivity (Wildman–Crippen MR) is 104 cm³/mol. The van der Waals surface area contributed by atoms with Crippen LogP contribution in [0.25, 0.3) is 0 Å². The number of hydrogen-bond acceptors (Lipinski definition) is 6. The van der Waals surface area contributed by atoms with Crippen LogP contribution in [0.1, 0.15) is 68.2 Å². The van der Waals surface area contributed by atoms with Gasteiger partial charge in [-0.1, -0.05) is 46.7 Å². The number of thiol groups is 1. The Morgan fingerprint density at radius 2 is 1.68 bits per heavy atom. The van der Waals surface area contributed by atoms with Crippen LogP contribution in [0.3, 0.4) is 0 Å². The van der Waals surface area contributed by atoms with Gasteiger partial charge in [0.2, 0.25) is 0 Å².